The van der Waals surface area contributed by atoms with Gasteiger partial charge in [-0.1, -0.05) is 12.1 Å². The van der Waals surface area contributed by atoms with E-state index in [0.29, 0.717) is 25.3 Å². The molecule has 17 heavy (non-hydrogen) atoms. The van der Waals surface area contributed by atoms with E-state index in [1.54, 1.807) is 12.1 Å². The Kier molecular flexibility index (Phi) is 5.61. The second-order valence-electron chi connectivity index (χ2n) is 3.83. The highest BCUT2D eigenvalue weighted by Gasteiger charge is 2.09. The minimum atomic E-state index is -0.418. The van der Waals surface area contributed by atoms with Crippen molar-refractivity contribution in [3.8, 4) is 6.07 Å². The minimum Gasteiger partial charge on any atom is -0.380 e. The normalized spacial score (nSPS) is 10.5. The topological polar surface area (TPSA) is 36.3 Å². The van der Waals surface area contributed by atoms with Crippen molar-refractivity contribution in [1.82, 2.24) is 4.90 Å². The van der Waals surface area contributed by atoms with Gasteiger partial charge in [0.1, 0.15) is 11.9 Å². The van der Waals surface area contributed by atoms with E-state index in [-0.39, 0.29) is 5.56 Å². The van der Waals surface area contributed by atoms with Crippen molar-refractivity contribution < 1.29 is 9.13 Å². The first-order valence-electron chi connectivity index (χ1n) is 5.62. The average Bonchev–Trinajstić information content (AvgIpc) is 2.32. The molecule has 92 valence electrons. The van der Waals surface area contributed by atoms with Crippen molar-refractivity contribution in [3.63, 3.8) is 0 Å². The standard InChI is InChI=1S/C13H17FN2O/c1-3-17-8-7-16(2)10-12-6-4-5-11(9-15)13(12)14/h4-6H,3,7-8,10H2,1-2H3. The molecule has 0 amide bonds. The van der Waals surface area contributed by atoms with Gasteiger partial charge in [0.15, 0.2) is 0 Å². The molecular formula is C13H17FN2O. The van der Waals surface area contributed by atoms with Crippen molar-refractivity contribution in [2.75, 3.05) is 26.8 Å². The average molecular weight is 236 g/mol. The van der Waals surface area contributed by atoms with Crippen LogP contribution in [-0.2, 0) is 11.3 Å². The molecule has 0 saturated carbocycles. The first-order chi connectivity index (χ1) is 8.19. The summed E-state index contributed by atoms with van der Waals surface area (Å²) in [4.78, 5) is 1.97. The molecule has 0 aliphatic rings. The zero-order valence-electron chi connectivity index (χ0n) is 10.2. The molecule has 3 nitrogen and oxygen atoms in total. The van der Waals surface area contributed by atoms with Gasteiger partial charge in [0.25, 0.3) is 0 Å². The van der Waals surface area contributed by atoms with Crippen LogP contribution in [0.25, 0.3) is 0 Å². The van der Waals surface area contributed by atoms with Crippen LogP contribution in [-0.4, -0.2) is 31.7 Å². The molecule has 1 aromatic carbocycles. The Morgan fingerprint density at radius 3 is 2.88 bits per heavy atom. The zero-order chi connectivity index (χ0) is 12.7. The van der Waals surface area contributed by atoms with Crippen LogP contribution in [0.3, 0.4) is 0 Å². The van der Waals surface area contributed by atoms with Crippen molar-refractivity contribution in [2.24, 2.45) is 0 Å². The molecule has 0 fully saturated rings. The summed E-state index contributed by atoms with van der Waals surface area (Å²) in [6.45, 7) is 4.48. The molecule has 1 aromatic rings. The molecule has 0 unspecified atom stereocenters. The maximum Gasteiger partial charge on any atom is 0.145 e. The maximum absolute atomic E-state index is 13.7. The fourth-order valence-corrected chi connectivity index (χ4v) is 1.52. The predicted octanol–water partition coefficient (Wildman–Crippen LogP) is 2.17. The number of hydrogen-bond acceptors (Lipinski definition) is 3. The zero-order valence-corrected chi connectivity index (χ0v) is 10.2. The Hall–Kier alpha value is -1.44. The molecule has 0 saturated heterocycles. The van der Waals surface area contributed by atoms with E-state index in [2.05, 4.69) is 0 Å². The summed E-state index contributed by atoms with van der Waals surface area (Å²) in [5, 5.41) is 8.73. The molecule has 0 N–H and O–H groups in total. The van der Waals surface area contributed by atoms with Crippen LogP contribution < -0.4 is 0 Å². The summed E-state index contributed by atoms with van der Waals surface area (Å²) in [7, 11) is 1.90. The van der Waals surface area contributed by atoms with Crippen molar-refractivity contribution >= 4 is 0 Å². The van der Waals surface area contributed by atoms with Gasteiger partial charge in [-0.25, -0.2) is 4.39 Å². The second kappa shape index (κ2) is 7.00. The second-order valence-corrected chi connectivity index (χ2v) is 3.83. The molecule has 4 heteroatoms. The largest absolute Gasteiger partial charge is 0.380 e. The molecule has 1 rings (SSSR count). The van der Waals surface area contributed by atoms with Crippen LogP contribution in [0.5, 0.6) is 0 Å². The van der Waals surface area contributed by atoms with Gasteiger partial charge in [0, 0.05) is 25.3 Å². The maximum atomic E-state index is 13.7. The SMILES string of the molecule is CCOCCN(C)Cc1cccc(C#N)c1F. The lowest BCUT2D eigenvalue weighted by molar-refractivity contribution is 0.120. The summed E-state index contributed by atoms with van der Waals surface area (Å²) >= 11 is 0. The number of nitrogens with zero attached hydrogens (tertiary/aromatic N) is 2. The first kappa shape index (κ1) is 13.6. The number of rotatable bonds is 6. The van der Waals surface area contributed by atoms with Crippen molar-refractivity contribution in [1.29, 1.82) is 5.26 Å². The lowest BCUT2D eigenvalue weighted by atomic mass is 10.1. The molecule has 0 atom stereocenters. The molecule has 0 heterocycles. The summed E-state index contributed by atoms with van der Waals surface area (Å²) in [5.74, 6) is -0.418. The van der Waals surface area contributed by atoms with E-state index in [1.165, 1.54) is 6.07 Å². The van der Waals surface area contributed by atoms with Crippen LogP contribution in [0.4, 0.5) is 4.39 Å². The van der Waals surface area contributed by atoms with Crippen LogP contribution in [0.15, 0.2) is 18.2 Å². The van der Waals surface area contributed by atoms with Gasteiger partial charge in [0.2, 0.25) is 0 Å². The monoisotopic (exact) mass is 236 g/mol. The fraction of sp³-hybridized carbons (Fsp3) is 0.462. The van der Waals surface area contributed by atoms with E-state index >= 15 is 0 Å². The van der Waals surface area contributed by atoms with Gasteiger partial charge < -0.3 is 4.74 Å². The van der Waals surface area contributed by atoms with Gasteiger partial charge in [-0.2, -0.15) is 5.26 Å². The molecule has 0 aliphatic carbocycles. The number of hydrogen-bond donors (Lipinski definition) is 0. The molecule has 0 aromatic heterocycles. The molecule has 0 bridgehead atoms. The summed E-state index contributed by atoms with van der Waals surface area (Å²) in [6.07, 6.45) is 0. The molecule has 0 aliphatic heterocycles. The van der Waals surface area contributed by atoms with Gasteiger partial charge in [-0.05, 0) is 20.0 Å². The summed E-state index contributed by atoms with van der Waals surface area (Å²) in [5.41, 5.74) is 0.642. The van der Waals surface area contributed by atoms with E-state index in [4.69, 9.17) is 10.00 Å². The van der Waals surface area contributed by atoms with E-state index in [0.717, 1.165) is 6.54 Å². The lowest BCUT2D eigenvalue weighted by Crippen LogP contribution is -2.23. The van der Waals surface area contributed by atoms with Gasteiger partial charge in [-0.3, -0.25) is 4.90 Å². The quantitative estimate of drug-likeness (QED) is 0.710. The number of ether oxygens (including phenoxy) is 1. The molecule has 0 spiro atoms. The van der Waals surface area contributed by atoms with Crippen molar-refractivity contribution in [2.45, 2.75) is 13.5 Å². The van der Waals surface area contributed by atoms with Crippen LogP contribution in [0, 0.1) is 17.1 Å². The number of likely N-dealkylation sites (N-methyl/N-ethyl adjacent to an activating group) is 1. The van der Waals surface area contributed by atoms with Crippen molar-refractivity contribution in [3.05, 3.63) is 35.1 Å². The number of nitriles is 1. The Morgan fingerprint density at radius 2 is 2.24 bits per heavy atom. The van der Waals surface area contributed by atoms with Gasteiger partial charge in [-0.15, -0.1) is 0 Å². The fourth-order valence-electron chi connectivity index (χ4n) is 1.52. The van der Waals surface area contributed by atoms with Gasteiger partial charge in [0.05, 0.1) is 12.2 Å². The highest BCUT2D eigenvalue weighted by Crippen LogP contribution is 2.13. The number of halogens is 1. The van der Waals surface area contributed by atoms with Crippen LogP contribution in [0.2, 0.25) is 0 Å². The number of benzene rings is 1. The highest BCUT2D eigenvalue weighted by atomic mass is 19.1. The smallest absolute Gasteiger partial charge is 0.145 e. The van der Waals surface area contributed by atoms with Crippen LogP contribution >= 0.6 is 0 Å². The first-order valence-corrected chi connectivity index (χ1v) is 5.62. The van der Waals surface area contributed by atoms with E-state index in [9.17, 15) is 4.39 Å². The lowest BCUT2D eigenvalue weighted by Gasteiger charge is -2.17. The Morgan fingerprint density at radius 1 is 1.47 bits per heavy atom. The molecule has 0 radical (unpaired) electrons. The van der Waals surface area contributed by atoms with E-state index in [1.807, 2.05) is 24.9 Å². The Bertz CT molecular complexity index is 401. The third-order valence-corrected chi connectivity index (χ3v) is 2.46. The molecular weight excluding hydrogens is 219 g/mol. The van der Waals surface area contributed by atoms with E-state index < -0.39 is 5.82 Å². The van der Waals surface area contributed by atoms with Gasteiger partial charge >= 0.3 is 0 Å². The summed E-state index contributed by atoms with van der Waals surface area (Å²) in [6, 6.07) is 6.73. The highest BCUT2D eigenvalue weighted by molar-refractivity contribution is 5.34. The third kappa shape index (κ3) is 4.14. The Labute approximate surface area is 101 Å². The predicted molar refractivity (Wildman–Crippen MR) is 63.9 cm³/mol. The van der Waals surface area contributed by atoms with Crippen LogP contribution in [0.1, 0.15) is 18.1 Å². The summed E-state index contributed by atoms with van der Waals surface area (Å²) < 4.78 is 19.0. The Balaban J connectivity index is 2.59. The minimum absolute atomic E-state index is 0.0979. The third-order valence-electron chi connectivity index (χ3n) is 2.46.